The van der Waals surface area contributed by atoms with Crippen molar-refractivity contribution in [2.45, 2.75) is 26.9 Å². The first-order valence-electron chi connectivity index (χ1n) is 8.39. The van der Waals surface area contributed by atoms with Crippen molar-refractivity contribution in [3.63, 3.8) is 0 Å². The van der Waals surface area contributed by atoms with Crippen molar-refractivity contribution in [1.82, 2.24) is 14.4 Å². The smallest absolute Gasteiger partial charge is 0.242 e. The highest BCUT2D eigenvalue weighted by Gasteiger charge is 2.23. The van der Waals surface area contributed by atoms with Gasteiger partial charge in [0.05, 0.1) is 12.3 Å². The van der Waals surface area contributed by atoms with E-state index >= 15 is 0 Å². The van der Waals surface area contributed by atoms with Crippen LogP contribution in [-0.2, 0) is 23.1 Å². The predicted molar refractivity (Wildman–Crippen MR) is 99.6 cm³/mol. The third-order valence-electron chi connectivity index (χ3n) is 4.05. The van der Waals surface area contributed by atoms with Gasteiger partial charge in [-0.25, -0.2) is 8.42 Å². The van der Waals surface area contributed by atoms with Gasteiger partial charge in [-0.3, -0.25) is 0 Å². The first-order chi connectivity index (χ1) is 12.5. The molecule has 0 saturated carbocycles. The van der Waals surface area contributed by atoms with Gasteiger partial charge in [0.2, 0.25) is 21.7 Å². The molecule has 1 heterocycles. The molecule has 0 spiro atoms. The van der Waals surface area contributed by atoms with Crippen LogP contribution in [0.5, 0.6) is 0 Å². The Balaban J connectivity index is 1.82. The van der Waals surface area contributed by atoms with Gasteiger partial charge in [0, 0.05) is 12.1 Å². The van der Waals surface area contributed by atoms with Crippen LogP contribution in [0.3, 0.4) is 0 Å². The highest BCUT2D eigenvalue weighted by molar-refractivity contribution is 7.89. The predicted octanol–water partition coefficient (Wildman–Crippen LogP) is 3.40. The van der Waals surface area contributed by atoms with E-state index in [1.165, 1.54) is 4.31 Å². The maximum atomic E-state index is 12.5. The molecule has 3 rings (SSSR count). The van der Waals surface area contributed by atoms with Crippen molar-refractivity contribution in [2.75, 3.05) is 5.75 Å². The first-order valence-corrected chi connectivity index (χ1v) is 10.00. The normalized spacial score (nSPS) is 11.8. The topological polar surface area (TPSA) is 76.3 Å². The number of rotatable bonds is 7. The van der Waals surface area contributed by atoms with Crippen molar-refractivity contribution >= 4 is 10.0 Å². The molecule has 6 nitrogen and oxygen atoms in total. The summed E-state index contributed by atoms with van der Waals surface area (Å²) >= 11 is 0. The minimum absolute atomic E-state index is 0.0127. The molecule has 26 heavy (non-hydrogen) atoms. The molecule has 2 aromatic carbocycles. The van der Waals surface area contributed by atoms with Crippen molar-refractivity contribution in [3.8, 4) is 11.4 Å². The second-order valence-corrected chi connectivity index (χ2v) is 8.29. The number of benzene rings is 2. The highest BCUT2D eigenvalue weighted by atomic mass is 32.2. The molecule has 0 saturated heterocycles. The SMILES string of the molecule is CCS(=O)(=O)N(Cc1ccccc1)Cc1nc(-c2ccc(C)cc2)no1. The summed E-state index contributed by atoms with van der Waals surface area (Å²) in [6.07, 6.45) is 0. The summed E-state index contributed by atoms with van der Waals surface area (Å²) in [5.74, 6) is 0.737. The highest BCUT2D eigenvalue weighted by Crippen LogP contribution is 2.19. The fraction of sp³-hybridized carbons (Fsp3) is 0.263. The first kappa shape index (κ1) is 18.3. The van der Waals surface area contributed by atoms with E-state index in [-0.39, 0.29) is 24.7 Å². The zero-order chi connectivity index (χ0) is 18.6. The fourth-order valence-corrected chi connectivity index (χ4v) is 3.53. The number of hydrogen-bond donors (Lipinski definition) is 0. The van der Waals surface area contributed by atoms with E-state index in [4.69, 9.17) is 4.52 Å². The van der Waals surface area contributed by atoms with E-state index in [0.717, 1.165) is 16.7 Å². The van der Waals surface area contributed by atoms with Crippen LogP contribution in [0.1, 0.15) is 23.9 Å². The molecule has 0 aliphatic carbocycles. The minimum Gasteiger partial charge on any atom is -0.338 e. The van der Waals surface area contributed by atoms with Gasteiger partial charge in [-0.1, -0.05) is 65.3 Å². The Morgan fingerprint density at radius 2 is 1.69 bits per heavy atom. The van der Waals surface area contributed by atoms with Gasteiger partial charge in [0.25, 0.3) is 0 Å². The van der Waals surface area contributed by atoms with E-state index < -0.39 is 10.0 Å². The third kappa shape index (κ3) is 4.36. The van der Waals surface area contributed by atoms with E-state index in [9.17, 15) is 8.42 Å². The van der Waals surface area contributed by atoms with Crippen LogP contribution >= 0.6 is 0 Å². The summed E-state index contributed by atoms with van der Waals surface area (Å²) in [5, 5.41) is 3.98. The second kappa shape index (κ2) is 7.80. The Morgan fingerprint density at radius 3 is 2.35 bits per heavy atom. The Kier molecular flexibility index (Phi) is 5.49. The summed E-state index contributed by atoms with van der Waals surface area (Å²) in [5.41, 5.74) is 2.88. The maximum absolute atomic E-state index is 12.5. The maximum Gasteiger partial charge on any atom is 0.242 e. The fourth-order valence-electron chi connectivity index (χ4n) is 2.51. The van der Waals surface area contributed by atoms with Crippen LogP contribution in [0.4, 0.5) is 0 Å². The molecule has 0 radical (unpaired) electrons. The lowest BCUT2D eigenvalue weighted by molar-refractivity contribution is 0.312. The third-order valence-corrected chi connectivity index (χ3v) is 5.82. The number of aryl methyl sites for hydroxylation is 1. The Labute approximate surface area is 153 Å². The van der Waals surface area contributed by atoms with E-state index in [2.05, 4.69) is 10.1 Å². The van der Waals surface area contributed by atoms with Crippen molar-refractivity contribution in [3.05, 3.63) is 71.6 Å². The van der Waals surface area contributed by atoms with Gasteiger partial charge in [-0.05, 0) is 19.4 Å². The van der Waals surface area contributed by atoms with Crippen LogP contribution < -0.4 is 0 Å². The molecule has 7 heteroatoms. The van der Waals surface area contributed by atoms with Crippen LogP contribution in [-0.4, -0.2) is 28.6 Å². The Hall–Kier alpha value is -2.51. The van der Waals surface area contributed by atoms with Crippen LogP contribution in [0.25, 0.3) is 11.4 Å². The standard InChI is InChI=1S/C19H21N3O3S/c1-3-26(23,24)22(13-16-7-5-4-6-8-16)14-18-20-19(21-25-18)17-11-9-15(2)10-12-17/h4-12H,3,13-14H2,1-2H3. The van der Waals surface area contributed by atoms with Crippen molar-refractivity contribution < 1.29 is 12.9 Å². The molecule has 0 fully saturated rings. The molecule has 0 bridgehead atoms. The lowest BCUT2D eigenvalue weighted by Gasteiger charge is -2.19. The quantitative estimate of drug-likeness (QED) is 0.636. The number of hydrogen-bond acceptors (Lipinski definition) is 5. The molecular formula is C19H21N3O3S. The number of sulfonamides is 1. The molecule has 0 atom stereocenters. The van der Waals surface area contributed by atoms with Gasteiger partial charge < -0.3 is 4.52 Å². The second-order valence-electron chi connectivity index (χ2n) is 6.03. The molecule has 0 unspecified atom stereocenters. The van der Waals surface area contributed by atoms with E-state index in [1.807, 2.05) is 61.5 Å². The van der Waals surface area contributed by atoms with E-state index in [0.29, 0.717) is 5.82 Å². The Morgan fingerprint density at radius 1 is 1.00 bits per heavy atom. The largest absolute Gasteiger partial charge is 0.338 e. The molecule has 3 aromatic rings. The monoisotopic (exact) mass is 371 g/mol. The lowest BCUT2D eigenvalue weighted by Crippen LogP contribution is -2.31. The molecular weight excluding hydrogens is 350 g/mol. The summed E-state index contributed by atoms with van der Waals surface area (Å²) in [6.45, 7) is 3.94. The van der Waals surface area contributed by atoms with E-state index in [1.54, 1.807) is 6.92 Å². The Bertz CT molecular complexity index is 951. The molecule has 136 valence electrons. The van der Waals surface area contributed by atoms with Gasteiger partial charge in [0.15, 0.2) is 0 Å². The van der Waals surface area contributed by atoms with Gasteiger partial charge >= 0.3 is 0 Å². The molecule has 0 aliphatic heterocycles. The average Bonchev–Trinajstić information content (AvgIpc) is 3.11. The van der Waals surface area contributed by atoms with Gasteiger partial charge in [-0.2, -0.15) is 9.29 Å². The number of aromatic nitrogens is 2. The van der Waals surface area contributed by atoms with Crippen molar-refractivity contribution in [2.24, 2.45) is 0 Å². The van der Waals surface area contributed by atoms with Gasteiger partial charge in [-0.15, -0.1) is 0 Å². The summed E-state index contributed by atoms with van der Waals surface area (Å²) in [7, 11) is -3.41. The minimum atomic E-state index is -3.41. The summed E-state index contributed by atoms with van der Waals surface area (Å²) in [4.78, 5) is 4.36. The summed E-state index contributed by atoms with van der Waals surface area (Å²) < 4.78 is 31.6. The molecule has 1 aromatic heterocycles. The van der Waals surface area contributed by atoms with Crippen LogP contribution in [0.2, 0.25) is 0 Å². The zero-order valence-corrected chi connectivity index (χ0v) is 15.6. The lowest BCUT2D eigenvalue weighted by atomic mass is 10.1. The molecule has 0 amide bonds. The van der Waals surface area contributed by atoms with Crippen LogP contribution in [0.15, 0.2) is 59.1 Å². The summed E-state index contributed by atoms with van der Waals surface area (Å²) in [6, 6.07) is 17.2. The van der Waals surface area contributed by atoms with Crippen LogP contribution in [0, 0.1) is 6.92 Å². The van der Waals surface area contributed by atoms with Crippen molar-refractivity contribution in [1.29, 1.82) is 0 Å². The molecule has 0 aliphatic rings. The van der Waals surface area contributed by atoms with Gasteiger partial charge in [0.1, 0.15) is 0 Å². The average molecular weight is 371 g/mol. The zero-order valence-electron chi connectivity index (χ0n) is 14.8. The molecule has 0 N–H and O–H groups in total. The number of nitrogens with zero attached hydrogens (tertiary/aromatic N) is 3.